The first-order chi connectivity index (χ1) is 11.9. The van der Waals surface area contributed by atoms with Crippen molar-refractivity contribution in [2.45, 2.75) is 0 Å². The lowest BCUT2D eigenvalue weighted by molar-refractivity contribution is 0.100. The van der Waals surface area contributed by atoms with E-state index in [4.69, 9.17) is 11.5 Å². The van der Waals surface area contributed by atoms with Gasteiger partial charge in [-0.05, 0) is 13.1 Å². The molecule has 10 heteroatoms. The third-order valence-electron chi connectivity index (χ3n) is 3.94. The van der Waals surface area contributed by atoms with Gasteiger partial charge in [0.25, 0.3) is 5.91 Å². The van der Waals surface area contributed by atoms with Gasteiger partial charge in [-0.2, -0.15) is 0 Å². The molecular weight excluding hydrogens is 342 g/mol. The summed E-state index contributed by atoms with van der Waals surface area (Å²) in [6.07, 6.45) is 3.40. The number of nitrogens with two attached hydrogens (primary N) is 2. The molecule has 0 aliphatic carbocycles. The quantitative estimate of drug-likeness (QED) is 0.729. The Morgan fingerprint density at radius 3 is 2.36 bits per heavy atom. The summed E-state index contributed by atoms with van der Waals surface area (Å²) < 4.78 is 0. The zero-order valence-corrected chi connectivity index (χ0v) is 14.5. The summed E-state index contributed by atoms with van der Waals surface area (Å²) in [5.41, 5.74) is 11.4. The van der Waals surface area contributed by atoms with Crippen LogP contribution in [0.15, 0.2) is 18.5 Å². The van der Waals surface area contributed by atoms with Crippen LogP contribution >= 0.6 is 11.3 Å². The van der Waals surface area contributed by atoms with Gasteiger partial charge in [0.15, 0.2) is 0 Å². The Hall–Kier alpha value is -2.72. The maximum atomic E-state index is 11.5. The Morgan fingerprint density at radius 1 is 1.16 bits per heavy atom. The third-order valence-corrected chi connectivity index (χ3v) is 5.04. The average molecular weight is 361 g/mol. The van der Waals surface area contributed by atoms with E-state index < -0.39 is 11.9 Å². The van der Waals surface area contributed by atoms with Crippen molar-refractivity contribution in [1.29, 1.82) is 0 Å². The van der Waals surface area contributed by atoms with Crippen LogP contribution in [0.3, 0.4) is 0 Å². The second-order valence-electron chi connectivity index (χ2n) is 5.77. The van der Waals surface area contributed by atoms with Gasteiger partial charge in [0.05, 0.1) is 5.56 Å². The van der Waals surface area contributed by atoms with Crippen molar-refractivity contribution in [1.82, 2.24) is 14.9 Å². The lowest BCUT2D eigenvalue weighted by Gasteiger charge is -2.32. The van der Waals surface area contributed by atoms with Crippen molar-refractivity contribution >= 4 is 34.2 Å². The van der Waals surface area contributed by atoms with E-state index in [-0.39, 0.29) is 5.56 Å². The molecule has 1 fully saturated rings. The fourth-order valence-electron chi connectivity index (χ4n) is 2.54. The van der Waals surface area contributed by atoms with Crippen LogP contribution < -0.4 is 21.7 Å². The number of urea groups is 1. The number of aromatic nitrogens is 2. The van der Waals surface area contributed by atoms with Crippen molar-refractivity contribution in [3.63, 3.8) is 0 Å². The highest BCUT2D eigenvalue weighted by molar-refractivity contribution is 7.20. The van der Waals surface area contributed by atoms with E-state index in [1.165, 1.54) is 11.3 Å². The van der Waals surface area contributed by atoms with E-state index in [0.29, 0.717) is 10.9 Å². The second-order valence-corrected chi connectivity index (χ2v) is 6.82. The molecule has 0 bridgehead atoms. The van der Waals surface area contributed by atoms with Crippen molar-refractivity contribution in [2.24, 2.45) is 11.5 Å². The van der Waals surface area contributed by atoms with E-state index in [2.05, 4.69) is 32.1 Å². The molecule has 0 atom stereocenters. The standard InChI is InChI=1S/C15H19N7O2S/c1-21-2-4-22(5-3-21)15-18-7-9(8-19-15)11-6-10(12(16)23)13(25-11)20-14(17)24/h6-8H,2-5H2,1H3,(H2,16,23)(H3,17,20,24). The van der Waals surface area contributed by atoms with Gasteiger partial charge in [-0.3, -0.25) is 10.1 Å². The maximum absolute atomic E-state index is 11.5. The minimum absolute atomic E-state index is 0.210. The van der Waals surface area contributed by atoms with E-state index in [1.807, 2.05) is 0 Å². The first-order valence-electron chi connectivity index (χ1n) is 7.70. The number of nitrogens with zero attached hydrogens (tertiary/aromatic N) is 4. The molecular formula is C15H19N7O2S. The molecule has 0 aromatic carbocycles. The summed E-state index contributed by atoms with van der Waals surface area (Å²) in [7, 11) is 2.09. The number of carbonyl (C=O) groups is 2. The molecule has 1 aliphatic heterocycles. The Bertz CT molecular complexity index is 782. The van der Waals surface area contributed by atoms with Gasteiger partial charge < -0.3 is 21.3 Å². The molecule has 0 spiro atoms. The molecule has 3 amide bonds. The zero-order valence-electron chi connectivity index (χ0n) is 13.7. The summed E-state index contributed by atoms with van der Waals surface area (Å²) in [5.74, 6) is 0.0419. The number of nitrogens with one attached hydrogen (secondary N) is 1. The summed E-state index contributed by atoms with van der Waals surface area (Å²) in [6, 6.07) is 0.851. The molecule has 0 unspecified atom stereocenters. The van der Waals surface area contributed by atoms with Crippen LogP contribution in [-0.4, -0.2) is 60.0 Å². The third kappa shape index (κ3) is 3.86. The number of hydrogen-bond acceptors (Lipinski definition) is 7. The van der Waals surface area contributed by atoms with Gasteiger partial charge in [-0.1, -0.05) is 0 Å². The lowest BCUT2D eigenvalue weighted by Crippen LogP contribution is -2.45. The van der Waals surface area contributed by atoms with E-state index >= 15 is 0 Å². The van der Waals surface area contributed by atoms with Crippen LogP contribution in [0.1, 0.15) is 10.4 Å². The molecule has 25 heavy (non-hydrogen) atoms. The number of amides is 3. The van der Waals surface area contributed by atoms with E-state index in [1.54, 1.807) is 18.5 Å². The van der Waals surface area contributed by atoms with Gasteiger partial charge in [-0.25, -0.2) is 14.8 Å². The molecule has 132 valence electrons. The van der Waals surface area contributed by atoms with Gasteiger partial charge in [0.1, 0.15) is 5.00 Å². The lowest BCUT2D eigenvalue weighted by atomic mass is 10.2. The number of anilines is 2. The molecule has 2 aromatic heterocycles. The van der Waals surface area contributed by atoms with Gasteiger partial charge in [-0.15, -0.1) is 11.3 Å². The minimum Gasteiger partial charge on any atom is -0.366 e. The summed E-state index contributed by atoms with van der Waals surface area (Å²) in [4.78, 5) is 36.6. The van der Waals surface area contributed by atoms with Gasteiger partial charge >= 0.3 is 6.03 Å². The largest absolute Gasteiger partial charge is 0.366 e. The van der Waals surface area contributed by atoms with Crippen LogP contribution in [0.5, 0.6) is 0 Å². The van der Waals surface area contributed by atoms with Crippen LogP contribution in [-0.2, 0) is 0 Å². The summed E-state index contributed by atoms with van der Waals surface area (Å²) >= 11 is 1.20. The molecule has 3 heterocycles. The zero-order chi connectivity index (χ0) is 18.0. The average Bonchev–Trinajstić information content (AvgIpc) is 2.99. The Morgan fingerprint density at radius 2 is 1.80 bits per heavy atom. The Balaban J connectivity index is 1.82. The van der Waals surface area contributed by atoms with Crippen molar-refractivity contribution < 1.29 is 9.59 Å². The highest BCUT2D eigenvalue weighted by Crippen LogP contribution is 2.35. The Labute approximate surface area is 148 Å². The maximum Gasteiger partial charge on any atom is 0.317 e. The number of hydrogen-bond donors (Lipinski definition) is 3. The van der Waals surface area contributed by atoms with E-state index in [9.17, 15) is 9.59 Å². The molecule has 1 saturated heterocycles. The van der Waals surface area contributed by atoms with Gasteiger partial charge in [0, 0.05) is 49.0 Å². The predicted octanol–water partition coefficient (Wildman–Crippen LogP) is 0.546. The second kappa shape index (κ2) is 7.03. The normalized spacial score (nSPS) is 15.2. The number of piperazine rings is 1. The number of likely N-dealkylation sites (N-methyl/N-ethyl adjacent to an activating group) is 1. The highest BCUT2D eigenvalue weighted by atomic mass is 32.1. The predicted molar refractivity (Wildman–Crippen MR) is 96.8 cm³/mol. The first kappa shape index (κ1) is 17.1. The van der Waals surface area contributed by atoms with Crippen LogP contribution in [0.25, 0.3) is 10.4 Å². The number of carbonyl (C=O) groups excluding carboxylic acids is 2. The fraction of sp³-hybridized carbons (Fsp3) is 0.333. The summed E-state index contributed by atoms with van der Waals surface area (Å²) in [6.45, 7) is 3.71. The first-order valence-corrected chi connectivity index (χ1v) is 8.51. The SMILES string of the molecule is CN1CCN(c2ncc(-c3cc(C(N)=O)c(NC(N)=O)s3)cn2)CC1. The van der Waals surface area contributed by atoms with Crippen LogP contribution in [0.4, 0.5) is 15.7 Å². The number of thiophene rings is 1. The smallest absolute Gasteiger partial charge is 0.317 e. The molecule has 0 saturated carbocycles. The molecule has 0 radical (unpaired) electrons. The topological polar surface area (TPSA) is 130 Å². The highest BCUT2D eigenvalue weighted by Gasteiger charge is 2.18. The number of rotatable bonds is 4. The molecule has 2 aromatic rings. The van der Waals surface area contributed by atoms with Crippen molar-refractivity contribution in [2.75, 3.05) is 43.4 Å². The molecule has 5 N–H and O–H groups in total. The number of primary amides is 2. The van der Waals surface area contributed by atoms with Crippen LogP contribution in [0, 0.1) is 0 Å². The van der Waals surface area contributed by atoms with Crippen LogP contribution in [0.2, 0.25) is 0 Å². The molecule has 1 aliphatic rings. The molecule has 9 nitrogen and oxygen atoms in total. The Kier molecular flexibility index (Phi) is 4.81. The van der Waals surface area contributed by atoms with Crippen molar-refractivity contribution in [3.05, 3.63) is 24.0 Å². The summed E-state index contributed by atoms with van der Waals surface area (Å²) in [5, 5.41) is 2.73. The molecule has 3 rings (SSSR count). The minimum atomic E-state index is -0.752. The fourth-order valence-corrected chi connectivity index (χ4v) is 3.58. The van der Waals surface area contributed by atoms with E-state index in [0.717, 1.165) is 36.6 Å². The monoisotopic (exact) mass is 361 g/mol. The van der Waals surface area contributed by atoms with Gasteiger partial charge in [0.2, 0.25) is 5.95 Å². The van der Waals surface area contributed by atoms with Crippen molar-refractivity contribution in [3.8, 4) is 10.4 Å².